The lowest BCUT2D eigenvalue weighted by molar-refractivity contribution is 0.259. The molecule has 0 unspecified atom stereocenters. The maximum atomic E-state index is 13.0. The molecule has 0 aliphatic rings. The highest BCUT2D eigenvalue weighted by Gasteiger charge is 2.05. The summed E-state index contributed by atoms with van der Waals surface area (Å²) < 4.78 is 23.4. The molecule has 0 N–H and O–H groups in total. The molecule has 4 nitrogen and oxygen atoms in total. The summed E-state index contributed by atoms with van der Waals surface area (Å²) in [5, 5.41) is 7.43. The van der Waals surface area contributed by atoms with Crippen molar-refractivity contribution in [3.8, 4) is 5.75 Å². The Bertz CT molecular complexity index is 501. The smallest absolute Gasteiger partial charge is 0.253 e. The van der Waals surface area contributed by atoms with Gasteiger partial charge in [0.25, 0.3) is 5.89 Å². The number of aromatic nitrogens is 2. The van der Waals surface area contributed by atoms with Crippen LogP contribution >= 0.6 is 11.6 Å². The minimum atomic E-state index is -0.527. The highest BCUT2D eigenvalue weighted by Crippen LogP contribution is 2.20. The predicted octanol–water partition coefficient (Wildman–Crippen LogP) is 2.75. The minimum Gasteiger partial charge on any atom is -0.484 e. The van der Waals surface area contributed by atoms with Crippen LogP contribution in [0.2, 0.25) is 5.02 Å². The van der Waals surface area contributed by atoms with Gasteiger partial charge in [0.15, 0.2) is 6.61 Å². The van der Waals surface area contributed by atoms with Crippen molar-refractivity contribution < 1.29 is 13.5 Å². The second-order valence-corrected chi connectivity index (χ2v) is 3.49. The number of benzene rings is 1. The molecular weight excluding hydrogens is 235 g/mol. The summed E-state index contributed by atoms with van der Waals surface area (Å²) in [6.45, 7) is 1.78. The number of halogens is 2. The first-order chi connectivity index (χ1) is 7.65. The Kier molecular flexibility index (Phi) is 3.05. The van der Waals surface area contributed by atoms with E-state index >= 15 is 0 Å². The van der Waals surface area contributed by atoms with Crippen molar-refractivity contribution in [1.29, 1.82) is 0 Å². The molecule has 0 spiro atoms. The van der Waals surface area contributed by atoms with Crippen LogP contribution in [0.4, 0.5) is 4.39 Å². The van der Waals surface area contributed by atoms with E-state index in [0.717, 1.165) is 0 Å². The zero-order valence-electron chi connectivity index (χ0n) is 8.41. The van der Waals surface area contributed by atoms with Crippen LogP contribution in [0, 0.1) is 12.7 Å². The molecule has 2 rings (SSSR count). The van der Waals surface area contributed by atoms with Gasteiger partial charge in [0.1, 0.15) is 11.6 Å². The summed E-state index contributed by atoms with van der Waals surface area (Å²) in [6, 6.07) is 4.19. The Hall–Kier alpha value is -1.62. The summed E-state index contributed by atoms with van der Waals surface area (Å²) in [4.78, 5) is 0. The SMILES string of the molecule is Cc1nnc(COc2ccc(Cl)c(F)c2)o1. The predicted molar refractivity (Wildman–Crippen MR) is 54.8 cm³/mol. The topological polar surface area (TPSA) is 48.2 Å². The zero-order chi connectivity index (χ0) is 11.5. The largest absolute Gasteiger partial charge is 0.484 e. The van der Waals surface area contributed by atoms with Crippen LogP contribution in [0.15, 0.2) is 22.6 Å². The monoisotopic (exact) mass is 242 g/mol. The van der Waals surface area contributed by atoms with E-state index in [1.165, 1.54) is 12.1 Å². The maximum absolute atomic E-state index is 13.0. The molecule has 0 fully saturated rings. The number of rotatable bonds is 3. The van der Waals surface area contributed by atoms with E-state index in [9.17, 15) is 4.39 Å². The molecule has 84 valence electrons. The fraction of sp³-hybridized carbons (Fsp3) is 0.200. The molecule has 0 aliphatic heterocycles. The third-order valence-corrected chi connectivity index (χ3v) is 2.13. The first-order valence-corrected chi connectivity index (χ1v) is 4.90. The lowest BCUT2D eigenvalue weighted by atomic mass is 10.3. The lowest BCUT2D eigenvalue weighted by Gasteiger charge is -2.03. The van der Waals surface area contributed by atoms with Crippen molar-refractivity contribution in [3.05, 3.63) is 40.8 Å². The van der Waals surface area contributed by atoms with E-state index in [1.807, 2.05) is 0 Å². The first-order valence-electron chi connectivity index (χ1n) is 4.52. The Morgan fingerprint density at radius 2 is 2.25 bits per heavy atom. The number of hydrogen-bond acceptors (Lipinski definition) is 4. The molecule has 1 aromatic carbocycles. The molecule has 0 saturated heterocycles. The molecule has 16 heavy (non-hydrogen) atoms. The Labute approximate surface area is 96.0 Å². The average Bonchev–Trinajstić information content (AvgIpc) is 2.66. The second kappa shape index (κ2) is 4.49. The number of nitrogens with zero attached hydrogens (tertiary/aromatic N) is 2. The molecule has 1 aromatic heterocycles. The van der Waals surface area contributed by atoms with Gasteiger partial charge in [0.2, 0.25) is 5.89 Å². The lowest BCUT2D eigenvalue weighted by Crippen LogP contribution is -1.96. The van der Waals surface area contributed by atoms with Gasteiger partial charge in [-0.2, -0.15) is 0 Å². The highest BCUT2D eigenvalue weighted by atomic mass is 35.5. The van der Waals surface area contributed by atoms with Crippen LogP contribution < -0.4 is 4.74 Å². The number of hydrogen-bond donors (Lipinski definition) is 0. The molecule has 0 bridgehead atoms. The van der Waals surface area contributed by atoms with Crippen LogP contribution in [0.25, 0.3) is 0 Å². The van der Waals surface area contributed by atoms with E-state index in [4.69, 9.17) is 20.8 Å². The van der Waals surface area contributed by atoms with Gasteiger partial charge in [0, 0.05) is 13.0 Å². The molecule has 2 aromatic rings. The standard InChI is InChI=1S/C10H8ClFN2O2/c1-6-13-14-10(16-6)5-15-7-2-3-8(11)9(12)4-7/h2-4H,5H2,1H3. The Morgan fingerprint density at radius 3 is 2.88 bits per heavy atom. The van der Waals surface area contributed by atoms with Gasteiger partial charge in [-0.25, -0.2) is 4.39 Å². The third-order valence-electron chi connectivity index (χ3n) is 1.82. The van der Waals surface area contributed by atoms with Crippen LogP contribution in [-0.2, 0) is 6.61 Å². The van der Waals surface area contributed by atoms with Gasteiger partial charge < -0.3 is 9.15 Å². The number of aryl methyl sites for hydroxylation is 1. The minimum absolute atomic E-state index is 0.0565. The van der Waals surface area contributed by atoms with Crippen LogP contribution in [0.5, 0.6) is 5.75 Å². The molecule has 0 atom stereocenters. The average molecular weight is 243 g/mol. The molecule has 0 saturated carbocycles. The molecular formula is C10H8ClFN2O2. The van der Waals surface area contributed by atoms with Gasteiger partial charge in [-0.15, -0.1) is 10.2 Å². The first kappa shape index (κ1) is 10.9. The number of ether oxygens (including phenoxy) is 1. The van der Waals surface area contributed by atoms with E-state index in [-0.39, 0.29) is 11.6 Å². The highest BCUT2D eigenvalue weighted by molar-refractivity contribution is 6.30. The van der Waals surface area contributed by atoms with Crippen LogP contribution in [-0.4, -0.2) is 10.2 Å². The summed E-state index contributed by atoms with van der Waals surface area (Å²) in [5.41, 5.74) is 0. The van der Waals surface area contributed by atoms with Gasteiger partial charge in [-0.3, -0.25) is 0 Å². The van der Waals surface area contributed by atoms with Gasteiger partial charge in [-0.1, -0.05) is 11.6 Å². The summed E-state index contributed by atoms with van der Waals surface area (Å²) in [5.74, 6) is 0.632. The van der Waals surface area contributed by atoms with Crippen molar-refractivity contribution in [1.82, 2.24) is 10.2 Å². The molecule has 6 heteroatoms. The Balaban J connectivity index is 2.02. The molecule has 0 aliphatic carbocycles. The van der Waals surface area contributed by atoms with Crippen LogP contribution in [0.3, 0.4) is 0 Å². The molecule has 0 amide bonds. The molecule has 1 heterocycles. The van der Waals surface area contributed by atoms with Crippen LogP contribution in [0.1, 0.15) is 11.8 Å². The third kappa shape index (κ3) is 2.49. The fourth-order valence-electron chi connectivity index (χ4n) is 1.11. The van der Waals surface area contributed by atoms with Gasteiger partial charge in [-0.05, 0) is 12.1 Å². The summed E-state index contributed by atoms with van der Waals surface area (Å²) in [6.07, 6.45) is 0. The molecule has 0 radical (unpaired) electrons. The van der Waals surface area contributed by atoms with E-state index in [0.29, 0.717) is 17.5 Å². The fourth-order valence-corrected chi connectivity index (χ4v) is 1.23. The van der Waals surface area contributed by atoms with Gasteiger partial charge in [0.05, 0.1) is 5.02 Å². The second-order valence-electron chi connectivity index (χ2n) is 3.08. The van der Waals surface area contributed by atoms with Crippen molar-refractivity contribution in [3.63, 3.8) is 0 Å². The van der Waals surface area contributed by atoms with E-state index < -0.39 is 5.82 Å². The zero-order valence-corrected chi connectivity index (χ0v) is 9.16. The normalized spacial score (nSPS) is 10.4. The summed E-state index contributed by atoms with van der Waals surface area (Å²) in [7, 11) is 0. The van der Waals surface area contributed by atoms with E-state index in [1.54, 1.807) is 13.0 Å². The van der Waals surface area contributed by atoms with Crippen molar-refractivity contribution in [2.75, 3.05) is 0 Å². The van der Waals surface area contributed by atoms with Crippen molar-refractivity contribution >= 4 is 11.6 Å². The summed E-state index contributed by atoms with van der Waals surface area (Å²) >= 11 is 5.53. The van der Waals surface area contributed by atoms with E-state index in [2.05, 4.69) is 10.2 Å². The maximum Gasteiger partial charge on any atom is 0.253 e. The van der Waals surface area contributed by atoms with Crippen molar-refractivity contribution in [2.24, 2.45) is 0 Å². The Morgan fingerprint density at radius 1 is 1.44 bits per heavy atom. The van der Waals surface area contributed by atoms with Gasteiger partial charge >= 0.3 is 0 Å². The quantitative estimate of drug-likeness (QED) is 0.830. The van der Waals surface area contributed by atoms with Crippen molar-refractivity contribution in [2.45, 2.75) is 13.5 Å².